The van der Waals surface area contributed by atoms with Crippen molar-refractivity contribution >= 4 is 39.1 Å². The van der Waals surface area contributed by atoms with Crippen molar-refractivity contribution < 1.29 is 0 Å². The maximum Gasteiger partial charge on any atom is 0.224 e. The molecule has 2 aromatic rings. The smallest absolute Gasteiger partial charge is 0.224 e. The molecule has 2 rings (SSSR count). The van der Waals surface area contributed by atoms with Crippen molar-refractivity contribution in [2.45, 2.75) is 0 Å². The number of aromatic nitrogens is 3. The van der Waals surface area contributed by atoms with Gasteiger partial charge in [-0.2, -0.15) is 0 Å². The third-order valence-corrected chi connectivity index (χ3v) is 2.43. The van der Waals surface area contributed by atoms with Gasteiger partial charge >= 0.3 is 0 Å². The molecule has 0 amide bonds. The molecule has 0 unspecified atom stereocenters. The highest BCUT2D eigenvalue weighted by Gasteiger charge is 2.05. The third-order valence-electron chi connectivity index (χ3n) is 1.65. The second-order valence-electron chi connectivity index (χ2n) is 2.69. The van der Waals surface area contributed by atoms with Gasteiger partial charge in [0.15, 0.2) is 0 Å². The Bertz CT molecular complexity index is 484. The van der Waals surface area contributed by atoms with Gasteiger partial charge in [-0.3, -0.25) is 0 Å². The summed E-state index contributed by atoms with van der Waals surface area (Å²) in [7, 11) is 0. The van der Waals surface area contributed by atoms with Crippen LogP contribution < -0.4 is 0 Å². The normalized spacial score (nSPS) is 10.3. The monoisotopic (exact) mass is 303 g/mol. The minimum atomic E-state index is 0.168. The topological polar surface area (TPSA) is 38.7 Å². The van der Waals surface area contributed by atoms with Crippen molar-refractivity contribution in [1.29, 1.82) is 0 Å². The quantitative estimate of drug-likeness (QED) is 0.459. The van der Waals surface area contributed by atoms with E-state index in [9.17, 15) is 0 Å². The van der Waals surface area contributed by atoms with Gasteiger partial charge in [0.25, 0.3) is 0 Å². The molecule has 0 saturated heterocycles. The van der Waals surface area contributed by atoms with Crippen LogP contribution in [0.1, 0.15) is 0 Å². The molecule has 15 heavy (non-hydrogen) atoms. The van der Waals surface area contributed by atoms with E-state index in [2.05, 4.69) is 30.9 Å². The number of nitrogens with zero attached hydrogens (tertiary/aromatic N) is 3. The molecule has 76 valence electrons. The molecule has 0 bridgehead atoms. The summed E-state index contributed by atoms with van der Waals surface area (Å²) in [5, 5.41) is 0.583. The van der Waals surface area contributed by atoms with Gasteiger partial charge in [0, 0.05) is 0 Å². The molecule has 0 saturated carbocycles. The molecule has 0 aromatic carbocycles. The Kier molecular flexibility index (Phi) is 3.19. The van der Waals surface area contributed by atoms with Crippen LogP contribution in [0.25, 0.3) is 11.4 Å². The van der Waals surface area contributed by atoms with Crippen molar-refractivity contribution in [1.82, 2.24) is 15.0 Å². The molecule has 6 heteroatoms. The highest BCUT2D eigenvalue weighted by molar-refractivity contribution is 9.10. The van der Waals surface area contributed by atoms with Gasteiger partial charge in [-0.05, 0) is 45.7 Å². The highest BCUT2D eigenvalue weighted by Crippen LogP contribution is 2.21. The van der Waals surface area contributed by atoms with Crippen LogP contribution in [0, 0.1) is 0 Å². The van der Waals surface area contributed by atoms with Gasteiger partial charge in [0.1, 0.15) is 9.76 Å². The maximum absolute atomic E-state index is 5.78. The molecular weight excluding hydrogens is 301 g/mol. The highest BCUT2D eigenvalue weighted by atomic mass is 79.9. The number of hydrogen-bond acceptors (Lipinski definition) is 3. The Morgan fingerprint density at radius 1 is 1.00 bits per heavy atom. The van der Waals surface area contributed by atoms with E-state index in [0.717, 1.165) is 0 Å². The number of pyridine rings is 1. The van der Waals surface area contributed by atoms with Gasteiger partial charge < -0.3 is 0 Å². The van der Waals surface area contributed by atoms with Crippen LogP contribution in [0.4, 0.5) is 0 Å². The van der Waals surface area contributed by atoms with Crippen LogP contribution >= 0.6 is 39.1 Å². The fraction of sp³-hybridized carbons (Fsp3) is 0. The Hall–Kier alpha value is -0.710. The van der Waals surface area contributed by atoms with E-state index in [1.165, 1.54) is 0 Å². The fourth-order valence-electron chi connectivity index (χ4n) is 1.07. The molecule has 0 atom stereocenters. The minimum absolute atomic E-state index is 0.168. The SMILES string of the molecule is Clc1cccc(-c2cc(Br)nc(Cl)n2)n1. The number of hydrogen-bond donors (Lipinski definition) is 0. The summed E-state index contributed by atoms with van der Waals surface area (Å²) < 4.78 is 0.610. The van der Waals surface area contributed by atoms with Crippen LogP contribution in [0.3, 0.4) is 0 Å². The lowest BCUT2D eigenvalue weighted by atomic mass is 10.3. The third kappa shape index (κ3) is 2.65. The minimum Gasteiger partial charge on any atom is -0.234 e. The molecule has 0 aliphatic carbocycles. The van der Waals surface area contributed by atoms with Gasteiger partial charge in [0.2, 0.25) is 5.28 Å². The first-order valence-corrected chi connectivity index (χ1v) is 5.53. The van der Waals surface area contributed by atoms with Crippen LogP contribution in [0.5, 0.6) is 0 Å². The van der Waals surface area contributed by atoms with Crippen molar-refractivity contribution in [2.75, 3.05) is 0 Å². The van der Waals surface area contributed by atoms with Crippen molar-refractivity contribution in [3.8, 4) is 11.4 Å². The molecule has 0 aliphatic heterocycles. The first-order valence-electron chi connectivity index (χ1n) is 3.98. The summed E-state index contributed by atoms with van der Waals surface area (Å²) in [5.41, 5.74) is 1.29. The van der Waals surface area contributed by atoms with Gasteiger partial charge in [0.05, 0.1) is 11.4 Å². The van der Waals surface area contributed by atoms with Crippen LogP contribution in [-0.2, 0) is 0 Å². The zero-order valence-corrected chi connectivity index (χ0v) is 10.4. The molecule has 3 nitrogen and oxygen atoms in total. The lowest BCUT2D eigenvalue weighted by Crippen LogP contribution is -1.90. The van der Waals surface area contributed by atoms with E-state index >= 15 is 0 Å². The summed E-state index contributed by atoms with van der Waals surface area (Å²) >= 11 is 14.7. The summed E-state index contributed by atoms with van der Waals surface area (Å²) in [6.07, 6.45) is 0. The second-order valence-corrected chi connectivity index (χ2v) is 4.23. The molecule has 2 aromatic heterocycles. The molecular formula is C9H4BrCl2N3. The second kappa shape index (κ2) is 4.43. The predicted octanol–water partition coefficient (Wildman–Crippen LogP) is 3.61. The largest absolute Gasteiger partial charge is 0.234 e. The molecule has 0 spiro atoms. The fourth-order valence-corrected chi connectivity index (χ4v) is 1.90. The van der Waals surface area contributed by atoms with Gasteiger partial charge in [-0.1, -0.05) is 17.7 Å². The van der Waals surface area contributed by atoms with Crippen LogP contribution in [0.15, 0.2) is 28.9 Å². The van der Waals surface area contributed by atoms with E-state index in [1.807, 2.05) is 0 Å². The summed E-state index contributed by atoms with van der Waals surface area (Å²) in [4.78, 5) is 12.1. The summed E-state index contributed by atoms with van der Waals surface area (Å²) in [6.45, 7) is 0. The van der Waals surface area contributed by atoms with E-state index in [-0.39, 0.29) is 5.28 Å². The number of rotatable bonds is 1. The molecule has 0 radical (unpaired) electrons. The van der Waals surface area contributed by atoms with Crippen LogP contribution in [0.2, 0.25) is 10.4 Å². The first-order chi connectivity index (χ1) is 7.15. The zero-order chi connectivity index (χ0) is 10.8. The Labute approximate surface area is 105 Å². The first kappa shape index (κ1) is 10.8. The van der Waals surface area contributed by atoms with E-state index < -0.39 is 0 Å². The molecule has 0 aliphatic rings. The molecule has 2 heterocycles. The summed E-state index contributed by atoms with van der Waals surface area (Å²) in [6, 6.07) is 7.03. The zero-order valence-electron chi connectivity index (χ0n) is 7.28. The van der Waals surface area contributed by atoms with E-state index in [4.69, 9.17) is 23.2 Å². The van der Waals surface area contributed by atoms with E-state index in [1.54, 1.807) is 24.3 Å². The van der Waals surface area contributed by atoms with E-state index in [0.29, 0.717) is 21.1 Å². The standard InChI is InChI=1S/C9H4BrCl2N3/c10-7-4-6(14-9(12)15-7)5-2-1-3-8(11)13-5/h1-4H. The molecule has 0 fully saturated rings. The van der Waals surface area contributed by atoms with Gasteiger partial charge in [-0.25, -0.2) is 15.0 Å². The average molecular weight is 305 g/mol. The van der Waals surface area contributed by atoms with Crippen LogP contribution in [-0.4, -0.2) is 15.0 Å². The predicted molar refractivity (Wildman–Crippen MR) is 63.0 cm³/mol. The lowest BCUT2D eigenvalue weighted by molar-refractivity contribution is 1.13. The van der Waals surface area contributed by atoms with Crippen molar-refractivity contribution in [3.63, 3.8) is 0 Å². The summed E-state index contributed by atoms with van der Waals surface area (Å²) in [5.74, 6) is 0. The lowest BCUT2D eigenvalue weighted by Gasteiger charge is -2.01. The average Bonchev–Trinajstić information content (AvgIpc) is 2.16. The Morgan fingerprint density at radius 2 is 1.80 bits per heavy atom. The molecule has 0 N–H and O–H groups in total. The van der Waals surface area contributed by atoms with Gasteiger partial charge in [-0.15, -0.1) is 0 Å². The van der Waals surface area contributed by atoms with Crippen molar-refractivity contribution in [2.24, 2.45) is 0 Å². The Morgan fingerprint density at radius 3 is 2.47 bits per heavy atom. The van der Waals surface area contributed by atoms with Crippen molar-refractivity contribution in [3.05, 3.63) is 39.3 Å². The Balaban J connectivity index is 2.54. The number of halogens is 3. The maximum atomic E-state index is 5.78.